The molecule has 1 heterocycles. The molecule has 0 N–H and O–H groups in total. The van der Waals surface area contributed by atoms with Crippen molar-refractivity contribution in [2.24, 2.45) is 0 Å². The standard InChI is InChI=1S/C48H33NO/c1-3-13-34(14-4-1)41-17-7-9-19-43(41)36-23-27-38(28-24-36)49(40-31-32-46-45-21-11-12-22-47(45)50-48(46)33-40)39-29-25-37(26-30-39)44-20-10-8-18-42(44)35-15-5-2-6-16-35/h1-33H. The zero-order chi connectivity index (χ0) is 33.3. The first-order chi connectivity index (χ1) is 24.8. The molecule has 0 radical (unpaired) electrons. The van der Waals surface area contributed by atoms with Crippen LogP contribution in [0.5, 0.6) is 0 Å². The Hall–Kier alpha value is -6.64. The lowest BCUT2D eigenvalue weighted by molar-refractivity contribution is 0.669. The van der Waals surface area contributed by atoms with Crippen LogP contribution >= 0.6 is 0 Å². The summed E-state index contributed by atoms with van der Waals surface area (Å²) in [6.45, 7) is 0. The van der Waals surface area contributed by atoms with Crippen molar-refractivity contribution >= 4 is 39.0 Å². The van der Waals surface area contributed by atoms with Crippen molar-refractivity contribution in [2.45, 2.75) is 0 Å². The summed E-state index contributed by atoms with van der Waals surface area (Å²) in [6.07, 6.45) is 0. The summed E-state index contributed by atoms with van der Waals surface area (Å²) < 4.78 is 6.35. The zero-order valence-electron chi connectivity index (χ0n) is 27.4. The van der Waals surface area contributed by atoms with E-state index in [9.17, 15) is 0 Å². The van der Waals surface area contributed by atoms with Gasteiger partial charge in [-0.2, -0.15) is 0 Å². The molecular weight excluding hydrogens is 607 g/mol. The van der Waals surface area contributed by atoms with E-state index in [-0.39, 0.29) is 0 Å². The van der Waals surface area contributed by atoms with Gasteiger partial charge in [0, 0.05) is 33.9 Å². The van der Waals surface area contributed by atoms with Crippen molar-refractivity contribution in [3.05, 3.63) is 200 Å². The molecule has 0 bridgehead atoms. The van der Waals surface area contributed by atoms with Gasteiger partial charge in [-0.3, -0.25) is 0 Å². The van der Waals surface area contributed by atoms with E-state index in [4.69, 9.17) is 4.42 Å². The zero-order valence-corrected chi connectivity index (χ0v) is 27.4. The van der Waals surface area contributed by atoms with Gasteiger partial charge in [0.2, 0.25) is 0 Å². The minimum absolute atomic E-state index is 0.871. The summed E-state index contributed by atoms with van der Waals surface area (Å²) in [5.74, 6) is 0. The third kappa shape index (κ3) is 5.43. The van der Waals surface area contributed by atoms with Gasteiger partial charge in [0.05, 0.1) is 0 Å². The second kappa shape index (κ2) is 12.8. The number of fused-ring (bicyclic) bond motifs is 3. The van der Waals surface area contributed by atoms with Crippen LogP contribution in [0, 0.1) is 0 Å². The van der Waals surface area contributed by atoms with Crippen LogP contribution in [-0.2, 0) is 0 Å². The van der Waals surface area contributed by atoms with Gasteiger partial charge in [0.25, 0.3) is 0 Å². The third-order valence-corrected chi connectivity index (χ3v) is 9.52. The Bertz CT molecular complexity index is 2440. The van der Waals surface area contributed by atoms with Gasteiger partial charge in [-0.1, -0.05) is 152 Å². The largest absolute Gasteiger partial charge is 0.456 e. The second-order valence-corrected chi connectivity index (χ2v) is 12.5. The summed E-state index contributed by atoms with van der Waals surface area (Å²) in [5, 5.41) is 2.24. The molecule has 0 aliphatic heterocycles. The number of anilines is 3. The van der Waals surface area contributed by atoms with Crippen LogP contribution in [0.2, 0.25) is 0 Å². The normalized spacial score (nSPS) is 11.2. The Balaban J connectivity index is 1.14. The molecule has 50 heavy (non-hydrogen) atoms. The van der Waals surface area contributed by atoms with Crippen LogP contribution in [0.15, 0.2) is 205 Å². The molecule has 0 unspecified atom stereocenters. The molecule has 9 aromatic rings. The summed E-state index contributed by atoms with van der Waals surface area (Å²) in [4.78, 5) is 2.31. The van der Waals surface area contributed by atoms with Gasteiger partial charge >= 0.3 is 0 Å². The van der Waals surface area contributed by atoms with Gasteiger partial charge in [-0.15, -0.1) is 0 Å². The number of hydrogen-bond acceptors (Lipinski definition) is 2. The average Bonchev–Trinajstić information content (AvgIpc) is 3.57. The monoisotopic (exact) mass is 639 g/mol. The minimum atomic E-state index is 0.871. The van der Waals surface area contributed by atoms with Gasteiger partial charge in [-0.25, -0.2) is 0 Å². The number of furan rings is 1. The summed E-state index contributed by atoms with van der Waals surface area (Å²) in [7, 11) is 0. The number of nitrogens with zero attached hydrogens (tertiary/aromatic N) is 1. The lowest BCUT2D eigenvalue weighted by atomic mass is 9.94. The van der Waals surface area contributed by atoms with E-state index in [1.165, 1.54) is 44.5 Å². The predicted octanol–water partition coefficient (Wildman–Crippen LogP) is 13.7. The number of para-hydroxylation sites is 1. The van der Waals surface area contributed by atoms with Crippen molar-refractivity contribution in [3.8, 4) is 44.5 Å². The van der Waals surface area contributed by atoms with E-state index in [1.54, 1.807) is 0 Å². The average molecular weight is 640 g/mol. The van der Waals surface area contributed by atoms with Crippen molar-refractivity contribution in [2.75, 3.05) is 4.90 Å². The highest BCUT2D eigenvalue weighted by Gasteiger charge is 2.17. The first-order valence-corrected chi connectivity index (χ1v) is 17.0. The fourth-order valence-corrected chi connectivity index (χ4v) is 7.09. The van der Waals surface area contributed by atoms with Crippen LogP contribution in [0.1, 0.15) is 0 Å². The maximum Gasteiger partial charge on any atom is 0.137 e. The molecule has 236 valence electrons. The van der Waals surface area contributed by atoms with E-state index in [0.29, 0.717) is 0 Å². The van der Waals surface area contributed by atoms with Crippen LogP contribution in [-0.4, -0.2) is 0 Å². The minimum Gasteiger partial charge on any atom is -0.456 e. The van der Waals surface area contributed by atoms with E-state index >= 15 is 0 Å². The summed E-state index contributed by atoms with van der Waals surface area (Å²) in [6, 6.07) is 71.0. The molecule has 0 atom stereocenters. The van der Waals surface area contributed by atoms with Crippen LogP contribution in [0.3, 0.4) is 0 Å². The highest BCUT2D eigenvalue weighted by Crippen LogP contribution is 2.41. The van der Waals surface area contributed by atoms with E-state index in [1.807, 2.05) is 12.1 Å². The molecular formula is C48H33NO. The van der Waals surface area contributed by atoms with Crippen LogP contribution < -0.4 is 4.90 Å². The molecule has 0 aliphatic carbocycles. The van der Waals surface area contributed by atoms with Crippen molar-refractivity contribution < 1.29 is 4.42 Å². The highest BCUT2D eigenvalue weighted by molar-refractivity contribution is 6.06. The topological polar surface area (TPSA) is 16.4 Å². The lowest BCUT2D eigenvalue weighted by Crippen LogP contribution is -2.09. The van der Waals surface area contributed by atoms with Gasteiger partial charge in [-0.05, 0) is 87.0 Å². The Labute approximate surface area is 292 Å². The summed E-state index contributed by atoms with van der Waals surface area (Å²) >= 11 is 0. The van der Waals surface area contributed by atoms with E-state index in [2.05, 4.69) is 193 Å². The molecule has 0 spiro atoms. The molecule has 9 rings (SSSR count). The Morgan fingerprint density at radius 2 is 0.660 bits per heavy atom. The molecule has 0 aliphatic rings. The molecule has 8 aromatic carbocycles. The van der Waals surface area contributed by atoms with Gasteiger partial charge in [0.1, 0.15) is 11.2 Å². The first-order valence-electron chi connectivity index (χ1n) is 17.0. The van der Waals surface area contributed by atoms with Gasteiger partial charge in [0.15, 0.2) is 0 Å². The Morgan fingerprint density at radius 3 is 1.16 bits per heavy atom. The smallest absolute Gasteiger partial charge is 0.137 e. The van der Waals surface area contributed by atoms with Crippen molar-refractivity contribution in [1.82, 2.24) is 0 Å². The summed E-state index contributed by atoms with van der Waals surface area (Å²) in [5.41, 5.74) is 14.6. The van der Waals surface area contributed by atoms with E-state index in [0.717, 1.165) is 39.0 Å². The number of hydrogen-bond donors (Lipinski definition) is 0. The Kier molecular flexibility index (Phi) is 7.53. The molecule has 0 amide bonds. The molecule has 0 fully saturated rings. The number of rotatable bonds is 7. The molecule has 2 heteroatoms. The maximum absolute atomic E-state index is 6.35. The van der Waals surface area contributed by atoms with Crippen molar-refractivity contribution in [3.63, 3.8) is 0 Å². The Morgan fingerprint density at radius 1 is 0.280 bits per heavy atom. The number of benzene rings is 8. The highest BCUT2D eigenvalue weighted by atomic mass is 16.3. The van der Waals surface area contributed by atoms with Crippen molar-refractivity contribution in [1.29, 1.82) is 0 Å². The fourth-order valence-electron chi connectivity index (χ4n) is 7.09. The first kappa shape index (κ1) is 29.5. The SMILES string of the molecule is c1ccc(-c2ccccc2-c2ccc(N(c3ccc(-c4ccccc4-c4ccccc4)cc3)c3ccc4c(c3)oc3ccccc34)cc2)cc1. The van der Waals surface area contributed by atoms with Crippen LogP contribution in [0.25, 0.3) is 66.4 Å². The molecule has 1 aromatic heterocycles. The lowest BCUT2D eigenvalue weighted by Gasteiger charge is -2.26. The quantitative estimate of drug-likeness (QED) is 0.173. The second-order valence-electron chi connectivity index (χ2n) is 12.5. The fraction of sp³-hybridized carbons (Fsp3) is 0. The van der Waals surface area contributed by atoms with Gasteiger partial charge < -0.3 is 9.32 Å². The predicted molar refractivity (Wildman–Crippen MR) is 210 cm³/mol. The molecule has 0 saturated carbocycles. The van der Waals surface area contributed by atoms with Crippen LogP contribution in [0.4, 0.5) is 17.1 Å². The molecule has 2 nitrogen and oxygen atoms in total. The molecule has 0 saturated heterocycles. The van der Waals surface area contributed by atoms with E-state index < -0.39 is 0 Å². The third-order valence-electron chi connectivity index (χ3n) is 9.52. The maximum atomic E-state index is 6.35.